The molecule has 1 fully saturated rings. The Labute approximate surface area is 127 Å². The van der Waals surface area contributed by atoms with Gasteiger partial charge in [-0.05, 0) is 67.1 Å². The summed E-state index contributed by atoms with van der Waals surface area (Å²) in [5.41, 5.74) is 3.86. The molecule has 0 bridgehead atoms. The van der Waals surface area contributed by atoms with Crippen molar-refractivity contribution in [3.8, 4) is 0 Å². The van der Waals surface area contributed by atoms with E-state index in [9.17, 15) is 9.59 Å². The van der Waals surface area contributed by atoms with E-state index in [4.69, 9.17) is 0 Å². The number of hydrogen-bond acceptors (Lipinski definition) is 2. The average molecular weight is 284 g/mol. The van der Waals surface area contributed by atoms with Crippen LogP contribution in [-0.2, 0) is 9.59 Å². The van der Waals surface area contributed by atoms with E-state index in [2.05, 4.69) is 19.9 Å². The summed E-state index contributed by atoms with van der Waals surface area (Å²) in [4.78, 5) is 25.1. The molecule has 2 atom stereocenters. The summed E-state index contributed by atoms with van der Waals surface area (Å²) >= 11 is 0. The number of carbonyl (C=O) groups excluding carboxylic acids is 2. The van der Waals surface area contributed by atoms with Crippen molar-refractivity contribution < 1.29 is 9.59 Å². The van der Waals surface area contributed by atoms with Gasteiger partial charge in [-0.3, -0.25) is 9.59 Å². The lowest BCUT2D eigenvalue weighted by Crippen LogP contribution is -2.06. The Morgan fingerprint density at radius 1 is 1.10 bits per heavy atom. The van der Waals surface area contributed by atoms with Crippen LogP contribution in [0.4, 0.5) is 0 Å². The molecule has 2 nitrogen and oxygen atoms in total. The molecular weight excluding hydrogens is 260 g/mol. The minimum Gasteiger partial charge on any atom is -0.295 e. The third-order valence-electron chi connectivity index (χ3n) is 5.70. The molecule has 0 aromatic heterocycles. The Balaban J connectivity index is 2.06. The van der Waals surface area contributed by atoms with Gasteiger partial charge in [0.2, 0.25) is 0 Å². The molecule has 0 heterocycles. The third kappa shape index (κ3) is 2.35. The van der Waals surface area contributed by atoms with Gasteiger partial charge in [0.25, 0.3) is 0 Å². The van der Waals surface area contributed by atoms with Crippen LogP contribution in [-0.4, -0.2) is 11.6 Å². The van der Waals surface area contributed by atoms with Crippen LogP contribution in [0.3, 0.4) is 0 Å². The van der Waals surface area contributed by atoms with Crippen molar-refractivity contribution in [1.29, 1.82) is 0 Å². The van der Waals surface area contributed by atoms with E-state index >= 15 is 0 Å². The molecule has 0 saturated heterocycles. The molecule has 0 radical (unpaired) electrons. The van der Waals surface area contributed by atoms with Crippen LogP contribution in [0.1, 0.15) is 53.4 Å². The normalized spacial score (nSPS) is 37.0. The number of carbonyl (C=O) groups is 2. The van der Waals surface area contributed by atoms with Crippen molar-refractivity contribution in [3.63, 3.8) is 0 Å². The predicted octanol–water partition coefficient (Wildman–Crippen LogP) is 4.17. The van der Waals surface area contributed by atoms with Crippen molar-refractivity contribution in [1.82, 2.24) is 0 Å². The second-order valence-electron chi connectivity index (χ2n) is 7.44. The number of hydrogen-bond donors (Lipinski definition) is 0. The summed E-state index contributed by atoms with van der Waals surface area (Å²) in [5, 5.41) is 0. The molecule has 0 unspecified atom stereocenters. The van der Waals surface area contributed by atoms with Crippen LogP contribution < -0.4 is 0 Å². The smallest absolute Gasteiger partial charge is 0.184 e. The molecule has 3 rings (SSSR count). The fourth-order valence-electron chi connectivity index (χ4n) is 3.98. The first-order valence-corrected chi connectivity index (χ1v) is 7.99. The lowest BCUT2D eigenvalue weighted by molar-refractivity contribution is -0.116. The second kappa shape index (κ2) is 4.79. The summed E-state index contributed by atoms with van der Waals surface area (Å²) < 4.78 is 0. The summed E-state index contributed by atoms with van der Waals surface area (Å²) in [6.07, 6.45) is 7.53. The van der Waals surface area contributed by atoms with Crippen molar-refractivity contribution >= 4 is 11.6 Å². The standard InChI is InChI=1S/C19H24O2/c1-11-8-13-6-5-7-14(13)18(21)12(2)9-15-16(10-17(11)20)19(15,3)4/h8-9,15-16H,5-7,10H2,1-4H3/b11-8+,12-9+/t15-,16+/m1/s1. The SMILES string of the molecule is C/C1=C\C2=C(CCC2)C(=O)/C(C)=C/[C@@H]2[C@H](CC1=O)C2(C)C. The minimum absolute atomic E-state index is 0.142. The van der Waals surface area contributed by atoms with E-state index < -0.39 is 0 Å². The fraction of sp³-hybridized carbons (Fsp3) is 0.579. The topological polar surface area (TPSA) is 34.1 Å². The lowest BCUT2D eigenvalue weighted by atomic mass is 9.97. The third-order valence-corrected chi connectivity index (χ3v) is 5.70. The van der Waals surface area contributed by atoms with Crippen LogP contribution >= 0.6 is 0 Å². The first-order chi connectivity index (χ1) is 9.82. The summed E-state index contributed by atoms with van der Waals surface area (Å²) in [6, 6.07) is 0. The molecule has 1 saturated carbocycles. The van der Waals surface area contributed by atoms with Gasteiger partial charge in [0.1, 0.15) is 0 Å². The van der Waals surface area contributed by atoms with Gasteiger partial charge in [0.15, 0.2) is 11.6 Å². The molecule has 0 amide bonds. The van der Waals surface area contributed by atoms with Gasteiger partial charge in [-0.1, -0.05) is 26.0 Å². The molecule has 21 heavy (non-hydrogen) atoms. The van der Waals surface area contributed by atoms with Gasteiger partial charge in [-0.25, -0.2) is 0 Å². The van der Waals surface area contributed by atoms with Crippen molar-refractivity contribution in [2.45, 2.75) is 53.4 Å². The average Bonchev–Trinajstić information content (AvgIpc) is 2.80. The molecule has 0 N–H and O–H groups in total. The summed E-state index contributed by atoms with van der Waals surface area (Å²) in [7, 11) is 0. The van der Waals surface area contributed by atoms with Crippen LogP contribution in [0.25, 0.3) is 0 Å². The van der Waals surface area contributed by atoms with Crippen molar-refractivity contribution in [3.05, 3.63) is 34.4 Å². The van der Waals surface area contributed by atoms with Gasteiger partial charge in [-0.2, -0.15) is 0 Å². The zero-order chi connectivity index (χ0) is 15.4. The number of ketones is 2. The molecular formula is C19H24O2. The molecule has 0 aliphatic heterocycles. The highest BCUT2D eigenvalue weighted by Crippen LogP contribution is 2.61. The highest BCUT2D eigenvalue weighted by atomic mass is 16.1. The highest BCUT2D eigenvalue weighted by molar-refractivity contribution is 6.09. The van der Waals surface area contributed by atoms with Crippen LogP contribution in [0.5, 0.6) is 0 Å². The maximum atomic E-state index is 12.7. The Morgan fingerprint density at radius 3 is 2.52 bits per heavy atom. The Kier molecular flexibility index (Phi) is 3.31. The van der Waals surface area contributed by atoms with E-state index in [1.165, 1.54) is 0 Å². The van der Waals surface area contributed by atoms with E-state index in [0.717, 1.165) is 41.6 Å². The Bertz CT molecular complexity index is 613. The molecule has 0 aromatic rings. The Hall–Kier alpha value is -1.44. The molecule has 3 aliphatic carbocycles. The monoisotopic (exact) mass is 284 g/mol. The van der Waals surface area contributed by atoms with Crippen LogP contribution in [0, 0.1) is 17.3 Å². The van der Waals surface area contributed by atoms with Crippen LogP contribution in [0.15, 0.2) is 34.4 Å². The minimum atomic E-state index is 0.142. The van der Waals surface area contributed by atoms with Gasteiger partial charge in [0.05, 0.1) is 0 Å². The number of Topliss-reactive ketones (excluding diaryl/α,β-unsaturated/α-hetero) is 2. The van der Waals surface area contributed by atoms with Crippen molar-refractivity contribution in [2.75, 3.05) is 0 Å². The zero-order valence-corrected chi connectivity index (χ0v) is 13.5. The quantitative estimate of drug-likeness (QED) is 0.669. The largest absolute Gasteiger partial charge is 0.295 e. The van der Waals surface area contributed by atoms with E-state index in [-0.39, 0.29) is 17.0 Å². The number of fused-ring (bicyclic) bond motifs is 1. The molecule has 0 spiro atoms. The number of allylic oxidation sites excluding steroid dienone is 6. The molecule has 2 heteroatoms. The van der Waals surface area contributed by atoms with E-state index in [1.807, 2.05) is 19.9 Å². The predicted molar refractivity (Wildman–Crippen MR) is 83.8 cm³/mol. The maximum Gasteiger partial charge on any atom is 0.184 e. The van der Waals surface area contributed by atoms with Crippen LogP contribution in [0.2, 0.25) is 0 Å². The molecule has 3 aliphatic rings. The second-order valence-corrected chi connectivity index (χ2v) is 7.44. The van der Waals surface area contributed by atoms with E-state index in [0.29, 0.717) is 18.3 Å². The zero-order valence-electron chi connectivity index (χ0n) is 13.5. The van der Waals surface area contributed by atoms with E-state index in [1.54, 1.807) is 0 Å². The van der Waals surface area contributed by atoms with Gasteiger partial charge < -0.3 is 0 Å². The summed E-state index contributed by atoms with van der Waals surface area (Å²) in [5.74, 6) is 1.18. The lowest BCUT2D eigenvalue weighted by Gasteiger charge is -2.07. The Morgan fingerprint density at radius 2 is 1.81 bits per heavy atom. The maximum absolute atomic E-state index is 12.7. The van der Waals surface area contributed by atoms with Crippen molar-refractivity contribution in [2.24, 2.45) is 17.3 Å². The first-order valence-electron chi connectivity index (χ1n) is 7.99. The number of rotatable bonds is 0. The highest BCUT2D eigenvalue weighted by Gasteiger charge is 2.56. The van der Waals surface area contributed by atoms with Gasteiger partial charge >= 0.3 is 0 Å². The summed E-state index contributed by atoms with van der Waals surface area (Å²) in [6.45, 7) is 8.25. The molecule has 0 aromatic carbocycles. The van der Waals surface area contributed by atoms with Gasteiger partial charge in [-0.15, -0.1) is 0 Å². The fourth-order valence-corrected chi connectivity index (χ4v) is 3.98. The molecule has 112 valence electrons. The van der Waals surface area contributed by atoms with Gasteiger partial charge in [0, 0.05) is 12.0 Å². The first kappa shape index (κ1) is 14.5.